The first-order valence-electron chi connectivity index (χ1n) is 24.1. The number of nitrogens with one attached hydrogen (secondary N) is 2. The lowest BCUT2D eigenvalue weighted by Gasteiger charge is -2.31. The number of aliphatic imine (C=N–C) groups is 2. The number of allylic oxidation sites excluding steroid dienone is 2. The Labute approximate surface area is 404 Å². The van der Waals surface area contributed by atoms with Gasteiger partial charge in [0, 0.05) is 66.8 Å². The number of hydrogen-bond donors (Lipinski definition) is 2. The van der Waals surface area contributed by atoms with Crippen LogP contribution in [0, 0.1) is 17.7 Å². The third-order valence-corrected chi connectivity index (χ3v) is 16.1. The molecule has 2 aromatic heterocycles. The van der Waals surface area contributed by atoms with Crippen molar-refractivity contribution in [2.75, 3.05) is 27.3 Å². The molecule has 5 atom stereocenters. The van der Waals surface area contributed by atoms with Crippen LogP contribution in [0.3, 0.4) is 0 Å². The lowest BCUT2D eigenvalue weighted by molar-refractivity contribution is -0.134. The molecule has 3 fully saturated rings. The van der Waals surface area contributed by atoms with Gasteiger partial charge in [-0.1, -0.05) is 40.7 Å². The van der Waals surface area contributed by atoms with Crippen LogP contribution in [0.15, 0.2) is 65.0 Å². The van der Waals surface area contributed by atoms with E-state index in [0.29, 0.717) is 48.5 Å². The lowest BCUT2D eigenvalue weighted by atomic mass is 9.95. The molecule has 1 unspecified atom stereocenters. The van der Waals surface area contributed by atoms with Crippen LogP contribution in [0.4, 0.5) is 14.0 Å². The molecule has 6 aliphatic rings. The molecule has 1 saturated carbocycles. The number of nitrogens with zero attached hydrogens (tertiary/aromatic N) is 6. The summed E-state index contributed by atoms with van der Waals surface area (Å²) in [6, 6.07) is 9.88. The van der Waals surface area contributed by atoms with E-state index >= 15 is 4.39 Å². The van der Waals surface area contributed by atoms with Crippen molar-refractivity contribution >= 4 is 68.8 Å². The van der Waals surface area contributed by atoms with Crippen molar-refractivity contribution in [3.05, 3.63) is 81.8 Å². The van der Waals surface area contributed by atoms with Crippen molar-refractivity contribution < 1.29 is 37.8 Å². The van der Waals surface area contributed by atoms with Gasteiger partial charge in [0.05, 0.1) is 53.0 Å². The third kappa shape index (κ3) is 8.50. The Balaban J connectivity index is 0.921. The predicted molar refractivity (Wildman–Crippen MR) is 263 cm³/mol. The summed E-state index contributed by atoms with van der Waals surface area (Å²) >= 11 is 1.64. The molecule has 15 nitrogen and oxygen atoms in total. The zero-order valence-corrected chi connectivity index (χ0v) is 41.0. The fourth-order valence-corrected chi connectivity index (χ4v) is 11.7. The van der Waals surface area contributed by atoms with E-state index in [4.69, 9.17) is 29.2 Å². The van der Waals surface area contributed by atoms with Crippen molar-refractivity contribution in [3.8, 4) is 17.0 Å². The number of amides is 4. The molecule has 362 valence electrons. The molecule has 7 heterocycles. The van der Waals surface area contributed by atoms with Gasteiger partial charge in [0.1, 0.15) is 23.7 Å². The number of halogens is 1. The summed E-state index contributed by atoms with van der Waals surface area (Å²) in [5.41, 5.74) is 7.22. The number of ether oxygens (including phenoxy) is 3. The van der Waals surface area contributed by atoms with Crippen LogP contribution >= 0.6 is 11.3 Å². The smallest absolute Gasteiger partial charge is 0.407 e. The number of likely N-dealkylation sites (tertiary alicyclic amines) is 2. The van der Waals surface area contributed by atoms with Gasteiger partial charge in [0.15, 0.2) is 0 Å². The molecule has 2 aromatic carbocycles. The minimum absolute atomic E-state index is 0.0554. The van der Waals surface area contributed by atoms with Gasteiger partial charge in [-0.15, -0.1) is 11.3 Å². The summed E-state index contributed by atoms with van der Waals surface area (Å²) in [4.78, 5) is 71.2. The number of hydrogen-bond acceptors (Lipinski definition) is 11. The highest BCUT2D eigenvalue weighted by Gasteiger charge is 2.44. The van der Waals surface area contributed by atoms with E-state index in [2.05, 4.69) is 40.3 Å². The molecule has 0 radical (unpaired) electrons. The highest BCUT2D eigenvalue weighted by Crippen LogP contribution is 2.52. The summed E-state index contributed by atoms with van der Waals surface area (Å²) in [6.45, 7) is 11.0. The molecule has 0 bridgehead atoms. The minimum atomic E-state index is -0.743. The number of rotatable bonds is 12. The second-order valence-corrected chi connectivity index (χ2v) is 21.2. The molecular formula is C52H59FN8O7S. The van der Waals surface area contributed by atoms with Gasteiger partial charge in [0.2, 0.25) is 18.0 Å². The van der Waals surface area contributed by atoms with Crippen molar-refractivity contribution in [2.45, 2.75) is 122 Å². The molecule has 17 heteroatoms. The molecule has 5 aliphatic heterocycles. The number of benzene rings is 2. The number of carbonyl (C=O) groups excluding carboxylic acids is 4. The number of aromatic nitrogens is 2. The maximum atomic E-state index is 17.0. The maximum Gasteiger partial charge on any atom is 0.407 e. The van der Waals surface area contributed by atoms with Crippen LogP contribution in [-0.4, -0.2) is 106 Å². The number of fused-ring (bicyclic) bond motifs is 5. The Morgan fingerprint density at radius 2 is 1.39 bits per heavy atom. The lowest BCUT2D eigenvalue weighted by Crippen LogP contribution is -2.53. The molecule has 4 aromatic rings. The number of carbonyl (C=O) groups is 4. The first kappa shape index (κ1) is 46.4. The average molecular weight is 959 g/mol. The second kappa shape index (κ2) is 18.2. The van der Waals surface area contributed by atoms with E-state index in [0.717, 1.165) is 87.4 Å². The van der Waals surface area contributed by atoms with Gasteiger partial charge in [-0.2, -0.15) is 0 Å². The summed E-state index contributed by atoms with van der Waals surface area (Å²) in [5.74, 6) is -0.597. The van der Waals surface area contributed by atoms with Crippen LogP contribution in [0.1, 0.15) is 113 Å². The molecule has 10 rings (SSSR count). The van der Waals surface area contributed by atoms with Gasteiger partial charge in [0.25, 0.3) is 0 Å². The quantitative estimate of drug-likeness (QED) is 0.142. The molecule has 0 spiro atoms. The van der Waals surface area contributed by atoms with E-state index in [1.807, 2.05) is 62.0 Å². The van der Waals surface area contributed by atoms with Crippen molar-refractivity contribution in [2.24, 2.45) is 21.8 Å². The van der Waals surface area contributed by atoms with Crippen molar-refractivity contribution in [1.29, 1.82) is 0 Å². The Bertz CT molecular complexity index is 2890. The Kier molecular flexibility index (Phi) is 12.2. The van der Waals surface area contributed by atoms with Crippen LogP contribution in [0.5, 0.6) is 5.75 Å². The molecule has 2 saturated heterocycles. The number of thiazole rings is 1. The standard InChI is InChI=1S/C52H59FN8O7S/c1-27(2)44(57-50(64)66-6)46(62)59-16-8-10-38(59)35-20-32(24-54-35)29-12-13-37-31(18-29)22-40-43-34(53)19-30(23-41(43)68-48(61(37)40)42-26-56-49(69-42)52(5)14-15-52)33-21-36(55-25-33)39-11-9-17-60(39)47(63)45(28(3)4)58-51(65)67-7/h12-13,18-19,22-28,38-39,44-45,48H,8-11,14-17,20-21H2,1-7H3,(H,57,64)(H,58,65)/t38-,39-,44-,45-,48?/m0/s1. The summed E-state index contributed by atoms with van der Waals surface area (Å²) in [5, 5.41) is 7.43. The van der Waals surface area contributed by atoms with E-state index in [9.17, 15) is 19.2 Å². The van der Waals surface area contributed by atoms with Gasteiger partial charge < -0.3 is 34.6 Å². The molecule has 2 N–H and O–H groups in total. The summed E-state index contributed by atoms with van der Waals surface area (Å²) in [7, 11) is 2.57. The molecule has 4 amide bonds. The van der Waals surface area contributed by atoms with E-state index in [-0.39, 0.29) is 41.1 Å². The van der Waals surface area contributed by atoms with E-state index < -0.39 is 36.3 Å². The van der Waals surface area contributed by atoms with Gasteiger partial charge >= 0.3 is 12.2 Å². The predicted octanol–water partition coefficient (Wildman–Crippen LogP) is 9.01. The fourth-order valence-electron chi connectivity index (χ4n) is 10.6. The summed E-state index contributed by atoms with van der Waals surface area (Å²) in [6.07, 6.45) is 10.0. The normalized spacial score (nSPS) is 22.1. The van der Waals surface area contributed by atoms with Crippen molar-refractivity contribution in [1.82, 2.24) is 30.0 Å². The third-order valence-electron chi connectivity index (χ3n) is 14.8. The average Bonchev–Trinajstić information content (AvgIpc) is 4.12. The topological polar surface area (TPSA) is 169 Å². The first-order chi connectivity index (χ1) is 33.2. The van der Waals surface area contributed by atoms with Gasteiger partial charge in [-0.25, -0.2) is 19.0 Å². The van der Waals surface area contributed by atoms with Gasteiger partial charge in [-0.3, -0.25) is 24.1 Å². The fraction of sp³-hybridized carbons (Fsp3) is 0.481. The minimum Gasteiger partial charge on any atom is -0.464 e. The molecular weight excluding hydrogens is 900 g/mol. The highest BCUT2D eigenvalue weighted by atomic mass is 32.1. The summed E-state index contributed by atoms with van der Waals surface area (Å²) < 4.78 is 35.6. The highest BCUT2D eigenvalue weighted by molar-refractivity contribution is 7.11. The largest absolute Gasteiger partial charge is 0.464 e. The van der Waals surface area contributed by atoms with Crippen molar-refractivity contribution in [3.63, 3.8) is 0 Å². The Hall–Kier alpha value is -6.36. The van der Waals surface area contributed by atoms with Crippen LogP contribution < -0.4 is 15.4 Å². The van der Waals surface area contributed by atoms with E-state index in [1.165, 1.54) is 14.2 Å². The molecule has 1 aliphatic carbocycles. The monoisotopic (exact) mass is 958 g/mol. The zero-order chi connectivity index (χ0) is 48.5. The SMILES string of the molecule is COC(=O)N[C@H](C(=O)N1CCC[C@H]1C1=NC=C(c2cc(F)c3c(c2)OC(c2cnc(C4(C)CC4)s2)n2c-3cc3cc(C4=CN=C([C@@H]5CCCN5C(=O)[C@@H](NC(=O)OC)C(C)C)C4)ccc32)C1)C(C)C. The molecule has 69 heavy (non-hydrogen) atoms. The van der Waals surface area contributed by atoms with Crippen LogP contribution in [-0.2, 0) is 24.5 Å². The van der Waals surface area contributed by atoms with Crippen LogP contribution in [0.2, 0.25) is 0 Å². The number of alkyl carbamates (subject to hydrolysis) is 2. The van der Waals surface area contributed by atoms with E-state index in [1.54, 1.807) is 23.6 Å². The maximum absolute atomic E-state index is 17.0. The second-order valence-electron chi connectivity index (χ2n) is 20.1. The zero-order valence-electron chi connectivity index (χ0n) is 40.1. The first-order valence-corrected chi connectivity index (χ1v) is 24.9. The van der Waals surface area contributed by atoms with Crippen LogP contribution in [0.25, 0.3) is 33.3 Å². The Morgan fingerprint density at radius 3 is 1.94 bits per heavy atom. The van der Waals surface area contributed by atoms with Gasteiger partial charge in [-0.05, 0) is 103 Å². The Morgan fingerprint density at radius 1 is 0.812 bits per heavy atom. The number of methoxy groups -OCH3 is 2.